The number of halogens is 1. The van der Waals surface area contributed by atoms with Crippen molar-refractivity contribution in [1.29, 1.82) is 0 Å². The summed E-state index contributed by atoms with van der Waals surface area (Å²) in [6.45, 7) is 4.45. The first kappa shape index (κ1) is 14.1. The number of benzene rings is 1. The lowest BCUT2D eigenvalue weighted by atomic mass is 10.1. The summed E-state index contributed by atoms with van der Waals surface area (Å²) in [5.74, 6) is 0.761. The van der Waals surface area contributed by atoms with E-state index in [2.05, 4.69) is 67.2 Å². The summed E-state index contributed by atoms with van der Waals surface area (Å²) in [7, 11) is 0. The Morgan fingerprint density at radius 2 is 2.10 bits per heavy atom. The number of rotatable bonds is 5. The molecular formula is C16H19BrN2S. The van der Waals surface area contributed by atoms with Crippen LogP contribution in [0.15, 0.2) is 45.6 Å². The van der Waals surface area contributed by atoms with Crippen LogP contribution in [0.2, 0.25) is 0 Å². The lowest BCUT2D eigenvalue weighted by Crippen LogP contribution is -2.26. The van der Waals surface area contributed by atoms with Crippen LogP contribution in [0.25, 0.3) is 0 Å². The summed E-state index contributed by atoms with van der Waals surface area (Å²) in [6.07, 6.45) is 1.28. The van der Waals surface area contributed by atoms with Crippen LogP contribution in [0, 0.1) is 5.92 Å². The number of hydrogen-bond donors (Lipinski definition) is 1. The molecule has 0 amide bonds. The van der Waals surface area contributed by atoms with Crippen molar-refractivity contribution >= 4 is 33.0 Å². The van der Waals surface area contributed by atoms with Gasteiger partial charge in [0.25, 0.3) is 0 Å². The highest BCUT2D eigenvalue weighted by Gasteiger charge is 2.22. The van der Waals surface area contributed by atoms with Gasteiger partial charge >= 0.3 is 0 Å². The first-order valence-corrected chi connectivity index (χ1v) is 8.77. The zero-order valence-corrected chi connectivity index (χ0v) is 13.8. The zero-order chi connectivity index (χ0) is 13.8. The van der Waals surface area contributed by atoms with Crippen LogP contribution in [-0.2, 0) is 6.54 Å². The Morgan fingerprint density at radius 1 is 1.25 bits per heavy atom. The Balaban J connectivity index is 1.46. The molecule has 106 valence electrons. The third-order valence-electron chi connectivity index (χ3n) is 3.82. The fourth-order valence-corrected chi connectivity index (χ4v) is 3.63. The van der Waals surface area contributed by atoms with E-state index in [4.69, 9.17) is 0 Å². The Kier molecular flexibility index (Phi) is 4.76. The fraction of sp³-hybridized carbons (Fsp3) is 0.375. The van der Waals surface area contributed by atoms with Crippen LogP contribution in [-0.4, -0.2) is 19.6 Å². The lowest BCUT2D eigenvalue weighted by Gasteiger charge is -2.19. The highest BCUT2D eigenvalue weighted by Crippen LogP contribution is 2.25. The van der Waals surface area contributed by atoms with Gasteiger partial charge in [0, 0.05) is 36.3 Å². The lowest BCUT2D eigenvalue weighted by molar-refractivity contribution is 0.517. The highest BCUT2D eigenvalue weighted by atomic mass is 79.9. The van der Waals surface area contributed by atoms with Crippen LogP contribution in [0.4, 0.5) is 5.69 Å². The van der Waals surface area contributed by atoms with E-state index in [9.17, 15) is 0 Å². The summed E-state index contributed by atoms with van der Waals surface area (Å²) in [6, 6.07) is 10.8. The number of nitrogens with zero attached hydrogens (tertiary/aromatic N) is 1. The van der Waals surface area contributed by atoms with Gasteiger partial charge in [-0.05, 0) is 59.0 Å². The van der Waals surface area contributed by atoms with Crippen LogP contribution in [0.1, 0.15) is 12.0 Å². The van der Waals surface area contributed by atoms with Gasteiger partial charge in [-0.1, -0.05) is 15.9 Å². The average molecular weight is 351 g/mol. The molecule has 2 nitrogen and oxygen atoms in total. The number of anilines is 1. The molecule has 0 spiro atoms. The molecule has 1 unspecified atom stereocenters. The molecule has 2 aromatic rings. The van der Waals surface area contributed by atoms with Crippen LogP contribution < -0.4 is 10.2 Å². The first-order valence-electron chi connectivity index (χ1n) is 7.03. The minimum atomic E-state index is 0.761. The molecule has 0 bridgehead atoms. The maximum absolute atomic E-state index is 3.58. The van der Waals surface area contributed by atoms with E-state index in [1.807, 2.05) is 0 Å². The molecule has 1 saturated heterocycles. The second-order valence-electron chi connectivity index (χ2n) is 5.34. The second-order valence-corrected chi connectivity index (χ2v) is 7.04. The van der Waals surface area contributed by atoms with Crippen molar-refractivity contribution in [2.24, 2.45) is 5.92 Å². The molecule has 1 aliphatic heterocycles. The molecule has 1 aromatic carbocycles. The van der Waals surface area contributed by atoms with Gasteiger partial charge in [0.05, 0.1) is 0 Å². The molecule has 1 N–H and O–H groups in total. The van der Waals surface area contributed by atoms with E-state index in [1.54, 1.807) is 11.3 Å². The van der Waals surface area contributed by atoms with E-state index in [-0.39, 0.29) is 0 Å². The average Bonchev–Trinajstić information content (AvgIpc) is 3.11. The summed E-state index contributed by atoms with van der Waals surface area (Å²) in [4.78, 5) is 2.49. The Morgan fingerprint density at radius 3 is 2.85 bits per heavy atom. The predicted octanol–water partition coefficient (Wildman–Crippen LogP) is 4.13. The van der Waals surface area contributed by atoms with E-state index < -0.39 is 0 Å². The molecule has 4 heteroatoms. The van der Waals surface area contributed by atoms with E-state index in [0.717, 1.165) is 30.0 Å². The van der Waals surface area contributed by atoms with Crippen molar-refractivity contribution in [2.45, 2.75) is 13.0 Å². The van der Waals surface area contributed by atoms with Crippen molar-refractivity contribution in [3.05, 3.63) is 51.1 Å². The van der Waals surface area contributed by atoms with Crippen molar-refractivity contribution in [3.63, 3.8) is 0 Å². The van der Waals surface area contributed by atoms with Gasteiger partial charge in [0.15, 0.2) is 0 Å². The molecule has 1 aliphatic rings. The third-order valence-corrected chi connectivity index (χ3v) is 5.08. The van der Waals surface area contributed by atoms with Crippen LogP contribution in [0.3, 0.4) is 0 Å². The molecule has 3 rings (SSSR count). The van der Waals surface area contributed by atoms with Gasteiger partial charge in [0.1, 0.15) is 0 Å². The van der Waals surface area contributed by atoms with Crippen molar-refractivity contribution in [1.82, 2.24) is 5.32 Å². The Bertz CT molecular complexity index is 524. The monoisotopic (exact) mass is 350 g/mol. The number of nitrogens with one attached hydrogen (secondary N) is 1. The molecular weight excluding hydrogens is 332 g/mol. The maximum Gasteiger partial charge on any atom is 0.0367 e. The van der Waals surface area contributed by atoms with Gasteiger partial charge in [-0.25, -0.2) is 0 Å². The normalized spacial score (nSPS) is 18.6. The standard InChI is InChI=1S/C16H19BrN2S/c17-15-1-3-16(4-2-15)19-7-5-13(11-19)9-18-10-14-6-8-20-12-14/h1-4,6,8,12-13,18H,5,7,9-11H2. The minimum absolute atomic E-state index is 0.761. The van der Waals surface area contributed by atoms with E-state index in [0.29, 0.717) is 0 Å². The van der Waals surface area contributed by atoms with Crippen LogP contribution in [0.5, 0.6) is 0 Å². The van der Waals surface area contributed by atoms with E-state index in [1.165, 1.54) is 24.2 Å². The smallest absolute Gasteiger partial charge is 0.0367 e. The second kappa shape index (κ2) is 6.74. The summed E-state index contributed by atoms with van der Waals surface area (Å²) in [5, 5.41) is 7.94. The predicted molar refractivity (Wildman–Crippen MR) is 90.5 cm³/mol. The van der Waals surface area contributed by atoms with Gasteiger partial charge < -0.3 is 10.2 Å². The Labute approximate surface area is 132 Å². The Hall–Kier alpha value is -0.840. The quantitative estimate of drug-likeness (QED) is 0.872. The molecule has 0 aliphatic carbocycles. The van der Waals surface area contributed by atoms with Crippen molar-refractivity contribution in [2.75, 3.05) is 24.5 Å². The molecule has 0 radical (unpaired) electrons. The number of thiophene rings is 1. The summed E-state index contributed by atoms with van der Waals surface area (Å²) >= 11 is 5.26. The van der Waals surface area contributed by atoms with Crippen molar-refractivity contribution < 1.29 is 0 Å². The van der Waals surface area contributed by atoms with E-state index >= 15 is 0 Å². The molecule has 0 saturated carbocycles. The summed E-state index contributed by atoms with van der Waals surface area (Å²) in [5.41, 5.74) is 2.74. The molecule has 20 heavy (non-hydrogen) atoms. The van der Waals surface area contributed by atoms with Crippen LogP contribution >= 0.6 is 27.3 Å². The molecule has 2 heterocycles. The van der Waals surface area contributed by atoms with Gasteiger partial charge in [-0.2, -0.15) is 11.3 Å². The van der Waals surface area contributed by atoms with Gasteiger partial charge in [0.2, 0.25) is 0 Å². The highest BCUT2D eigenvalue weighted by molar-refractivity contribution is 9.10. The number of hydrogen-bond acceptors (Lipinski definition) is 3. The first-order chi connectivity index (χ1) is 9.81. The SMILES string of the molecule is Brc1ccc(N2CCC(CNCc3ccsc3)C2)cc1. The largest absolute Gasteiger partial charge is 0.371 e. The maximum atomic E-state index is 3.58. The molecule has 1 atom stereocenters. The van der Waals surface area contributed by atoms with Crippen molar-refractivity contribution in [3.8, 4) is 0 Å². The zero-order valence-electron chi connectivity index (χ0n) is 11.4. The fourth-order valence-electron chi connectivity index (χ4n) is 2.70. The summed E-state index contributed by atoms with van der Waals surface area (Å²) < 4.78 is 1.15. The minimum Gasteiger partial charge on any atom is -0.371 e. The van der Waals surface area contributed by atoms with Gasteiger partial charge in [-0.3, -0.25) is 0 Å². The van der Waals surface area contributed by atoms with Gasteiger partial charge in [-0.15, -0.1) is 0 Å². The third kappa shape index (κ3) is 3.62. The topological polar surface area (TPSA) is 15.3 Å². The molecule has 1 fully saturated rings. The molecule has 1 aromatic heterocycles.